The maximum Gasteiger partial charge on any atom is 0.246 e. The molecule has 1 N–H and O–H groups in total. The quantitative estimate of drug-likeness (QED) is 0.874. The van der Waals surface area contributed by atoms with Crippen molar-refractivity contribution in [3.05, 3.63) is 53.2 Å². The van der Waals surface area contributed by atoms with Gasteiger partial charge in [0.25, 0.3) is 0 Å². The van der Waals surface area contributed by atoms with Crippen molar-refractivity contribution in [3.63, 3.8) is 0 Å². The smallest absolute Gasteiger partial charge is 0.246 e. The lowest BCUT2D eigenvalue weighted by Gasteiger charge is -2.28. The minimum atomic E-state index is -0.288. The van der Waals surface area contributed by atoms with Crippen LogP contribution in [-0.4, -0.2) is 35.1 Å². The summed E-state index contributed by atoms with van der Waals surface area (Å²) < 4.78 is 13.8. The highest BCUT2D eigenvalue weighted by atomic mass is 32.1. The number of amides is 1. The molecule has 1 amide bonds. The summed E-state index contributed by atoms with van der Waals surface area (Å²) in [5.41, 5.74) is 0.577. The molecule has 3 nitrogen and oxygen atoms in total. The van der Waals surface area contributed by atoms with Crippen LogP contribution in [0.25, 0.3) is 16.5 Å². The summed E-state index contributed by atoms with van der Waals surface area (Å²) in [7, 11) is 0. The molecule has 5 heteroatoms. The van der Waals surface area contributed by atoms with Crippen molar-refractivity contribution in [1.82, 2.24) is 4.90 Å². The number of carbonyl (C=O) groups is 1. The molecule has 1 aromatic heterocycles. The number of hydrogen-bond acceptors (Lipinski definition) is 3. The molecule has 0 unspecified atom stereocenters. The van der Waals surface area contributed by atoms with Gasteiger partial charge in [-0.1, -0.05) is 18.2 Å². The zero-order valence-electron chi connectivity index (χ0n) is 12.6. The third kappa shape index (κ3) is 3.86. The number of rotatable bonds is 3. The predicted molar refractivity (Wildman–Crippen MR) is 90.6 cm³/mol. The molecule has 0 aliphatic carbocycles. The monoisotopic (exact) mass is 331 g/mol. The lowest BCUT2D eigenvalue weighted by atomic mass is 10.1. The summed E-state index contributed by atoms with van der Waals surface area (Å²) in [6.07, 6.45) is 4.30. The minimum Gasteiger partial charge on any atom is -0.393 e. The van der Waals surface area contributed by atoms with E-state index in [-0.39, 0.29) is 17.8 Å². The average molecular weight is 331 g/mol. The van der Waals surface area contributed by atoms with Crippen LogP contribution in [0.2, 0.25) is 0 Å². The van der Waals surface area contributed by atoms with E-state index < -0.39 is 0 Å². The number of nitrogens with zero attached hydrogens (tertiary/aromatic N) is 1. The van der Waals surface area contributed by atoms with Crippen molar-refractivity contribution in [2.24, 2.45) is 0 Å². The number of carbonyl (C=O) groups excluding carboxylic acids is 1. The van der Waals surface area contributed by atoms with Gasteiger partial charge in [0.1, 0.15) is 5.82 Å². The molecule has 2 aromatic rings. The second kappa shape index (κ2) is 7.06. The highest BCUT2D eigenvalue weighted by molar-refractivity contribution is 7.16. The van der Waals surface area contributed by atoms with Crippen molar-refractivity contribution in [2.75, 3.05) is 13.1 Å². The first kappa shape index (κ1) is 15.9. The molecule has 0 radical (unpaired) electrons. The first-order chi connectivity index (χ1) is 11.1. The molecule has 0 atom stereocenters. The molecular weight excluding hydrogens is 313 g/mol. The zero-order valence-corrected chi connectivity index (χ0v) is 13.4. The molecule has 2 heterocycles. The molecule has 1 saturated heterocycles. The zero-order chi connectivity index (χ0) is 16.2. The highest BCUT2D eigenvalue weighted by Crippen LogP contribution is 2.30. The van der Waals surface area contributed by atoms with Gasteiger partial charge in [-0.15, -0.1) is 11.3 Å². The molecule has 3 rings (SSSR count). The van der Waals surface area contributed by atoms with Crippen LogP contribution in [0, 0.1) is 5.82 Å². The van der Waals surface area contributed by atoms with Gasteiger partial charge < -0.3 is 10.0 Å². The third-order valence-electron chi connectivity index (χ3n) is 3.93. The summed E-state index contributed by atoms with van der Waals surface area (Å²) >= 11 is 1.45. The van der Waals surface area contributed by atoms with Crippen LogP contribution in [0.5, 0.6) is 0 Å². The average Bonchev–Trinajstić information content (AvgIpc) is 3.02. The molecule has 1 aliphatic rings. The summed E-state index contributed by atoms with van der Waals surface area (Å²) in [6.45, 7) is 1.19. The van der Waals surface area contributed by atoms with E-state index in [0.717, 1.165) is 9.75 Å². The van der Waals surface area contributed by atoms with Crippen molar-refractivity contribution in [3.8, 4) is 10.4 Å². The molecule has 120 valence electrons. The Kier molecular flexibility index (Phi) is 4.88. The topological polar surface area (TPSA) is 40.5 Å². The summed E-state index contributed by atoms with van der Waals surface area (Å²) in [4.78, 5) is 15.6. The maximum absolute atomic E-state index is 13.8. The summed E-state index contributed by atoms with van der Waals surface area (Å²) in [5.74, 6) is -0.287. The van der Waals surface area contributed by atoms with E-state index in [9.17, 15) is 14.3 Å². The molecule has 1 fully saturated rings. The van der Waals surface area contributed by atoms with Crippen LogP contribution in [0.15, 0.2) is 42.5 Å². The number of thiophene rings is 1. The molecule has 0 bridgehead atoms. The van der Waals surface area contributed by atoms with Crippen molar-refractivity contribution in [2.45, 2.75) is 18.9 Å². The minimum absolute atomic E-state index is 0.0438. The van der Waals surface area contributed by atoms with Crippen LogP contribution in [0.1, 0.15) is 17.7 Å². The normalized spacial score (nSPS) is 16.2. The van der Waals surface area contributed by atoms with Gasteiger partial charge in [-0.05, 0) is 37.1 Å². The Bertz CT molecular complexity index is 717. The second-order valence-electron chi connectivity index (χ2n) is 5.57. The number of likely N-dealkylation sites (tertiary alicyclic amines) is 1. The Balaban J connectivity index is 1.67. The Hall–Kier alpha value is -1.98. The fourth-order valence-corrected chi connectivity index (χ4v) is 3.53. The number of aliphatic hydroxyl groups is 1. The standard InChI is InChI=1S/C18H18FNO2S/c19-16-4-2-1-3-15(16)17-7-5-14(23-17)6-8-18(22)20-11-9-13(21)10-12-20/h1-8,13,21H,9-12H2. The Morgan fingerprint density at radius 2 is 1.96 bits per heavy atom. The predicted octanol–water partition coefficient (Wildman–Crippen LogP) is 3.55. The molecule has 1 aliphatic heterocycles. The van der Waals surface area contributed by atoms with Gasteiger partial charge >= 0.3 is 0 Å². The van der Waals surface area contributed by atoms with Crippen LogP contribution in [0.4, 0.5) is 4.39 Å². The van der Waals surface area contributed by atoms with Crippen molar-refractivity contribution in [1.29, 1.82) is 0 Å². The number of halogens is 1. The Labute approximate surface area is 138 Å². The number of piperidine rings is 1. The van der Waals surface area contributed by atoms with Crippen LogP contribution >= 0.6 is 11.3 Å². The molecule has 0 saturated carbocycles. The van der Waals surface area contributed by atoms with Gasteiger partial charge in [0.15, 0.2) is 0 Å². The number of aliphatic hydroxyl groups excluding tert-OH is 1. The van der Waals surface area contributed by atoms with E-state index in [2.05, 4.69) is 0 Å². The second-order valence-corrected chi connectivity index (χ2v) is 6.69. The van der Waals surface area contributed by atoms with E-state index in [1.54, 1.807) is 29.2 Å². The van der Waals surface area contributed by atoms with Gasteiger partial charge in [0.2, 0.25) is 5.91 Å². The SMILES string of the molecule is O=C(C=Cc1ccc(-c2ccccc2F)s1)N1CCC(O)CC1. The van der Waals surface area contributed by atoms with Crippen LogP contribution in [-0.2, 0) is 4.79 Å². The Morgan fingerprint density at radius 3 is 2.70 bits per heavy atom. The largest absolute Gasteiger partial charge is 0.393 e. The fraction of sp³-hybridized carbons (Fsp3) is 0.278. The highest BCUT2D eigenvalue weighted by Gasteiger charge is 2.19. The van der Waals surface area contributed by atoms with E-state index in [1.807, 2.05) is 18.2 Å². The Morgan fingerprint density at radius 1 is 1.22 bits per heavy atom. The van der Waals surface area contributed by atoms with Crippen molar-refractivity contribution < 1.29 is 14.3 Å². The number of benzene rings is 1. The van der Waals surface area contributed by atoms with E-state index in [0.29, 0.717) is 31.5 Å². The van der Waals surface area contributed by atoms with E-state index in [1.165, 1.54) is 17.4 Å². The van der Waals surface area contributed by atoms with E-state index >= 15 is 0 Å². The third-order valence-corrected chi connectivity index (χ3v) is 5.02. The van der Waals surface area contributed by atoms with Gasteiger partial charge in [-0.25, -0.2) is 4.39 Å². The lowest BCUT2D eigenvalue weighted by Crippen LogP contribution is -2.39. The summed E-state index contributed by atoms with van der Waals surface area (Å²) in [6, 6.07) is 10.4. The first-order valence-corrected chi connectivity index (χ1v) is 8.45. The van der Waals surface area contributed by atoms with E-state index in [4.69, 9.17) is 0 Å². The molecule has 23 heavy (non-hydrogen) atoms. The maximum atomic E-state index is 13.8. The molecular formula is C18H18FNO2S. The van der Waals surface area contributed by atoms with Crippen LogP contribution < -0.4 is 0 Å². The van der Waals surface area contributed by atoms with Gasteiger partial charge in [-0.3, -0.25) is 4.79 Å². The van der Waals surface area contributed by atoms with Crippen molar-refractivity contribution >= 4 is 23.3 Å². The fourth-order valence-electron chi connectivity index (χ4n) is 2.59. The van der Waals surface area contributed by atoms with Gasteiger partial charge in [0, 0.05) is 34.5 Å². The lowest BCUT2D eigenvalue weighted by molar-refractivity contribution is -0.127. The van der Waals surface area contributed by atoms with Gasteiger partial charge in [0.05, 0.1) is 6.10 Å². The number of hydrogen-bond donors (Lipinski definition) is 1. The first-order valence-electron chi connectivity index (χ1n) is 7.63. The molecule has 0 spiro atoms. The van der Waals surface area contributed by atoms with Crippen LogP contribution in [0.3, 0.4) is 0 Å². The van der Waals surface area contributed by atoms with Gasteiger partial charge in [-0.2, -0.15) is 0 Å². The summed E-state index contributed by atoms with van der Waals surface area (Å²) in [5, 5.41) is 9.47. The molecule has 1 aromatic carbocycles.